The molecular formula is C8H13NO5. The lowest BCUT2D eigenvalue weighted by Crippen LogP contribution is -2.39. The number of aliphatic hydroxyl groups excluding tert-OH is 1. The van der Waals surface area contributed by atoms with Crippen molar-refractivity contribution < 1.29 is 24.5 Å². The van der Waals surface area contributed by atoms with Gasteiger partial charge in [0.15, 0.2) is 0 Å². The standard InChI is InChI=1S/C8H13NO5/c1-2-3-14-8(13)9-6(5-10)4-7(11)12/h2,6,10H,1,3-5H2,(H,9,13)(H,11,12)/t6-/m0/s1. The molecule has 0 saturated heterocycles. The Bertz CT molecular complexity index is 216. The van der Waals surface area contributed by atoms with Crippen LogP contribution in [0.2, 0.25) is 0 Å². The number of amides is 1. The Morgan fingerprint density at radius 1 is 1.57 bits per heavy atom. The van der Waals surface area contributed by atoms with Crippen LogP contribution < -0.4 is 5.32 Å². The van der Waals surface area contributed by atoms with Crippen molar-refractivity contribution in [1.82, 2.24) is 5.32 Å². The molecule has 1 atom stereocenters. The van der Waals surface area contributed by atoms with Gasteiger partial charge in [-0.25, -0.2) is 4.79 Å². The number of carboxylic acids is 1. The Hall–Kier alpha value is -1.56. The van der Waals surface area contributed by atoms with Gasteiger partial charge in [0.2, 0.25) is 0 Å². The highest BCUT2D eigenvalue weighted by atomic mass is 16.5. The summed E-state index contributed by atoms with van der Waals surface area (Å²) in [4.78, 5) is 21.1. The maximum atomic E-state index is 10.9. The van der Waals surface area contributed by atoms with Gasteiger partial charge in [0.05, 0.1) is 19.1 Å². The minimum atomic E-state index is -1.10. The topological polar surface area (TPSA) is 95.9 Å². The van der Waals surface area contributed by atoms with Crippen LogP contribution in [0.4, 0.5) is 4.79 Å². The maximum Gasteiger partial charge on any atom is 0.407 e. The first-order chi connectivity index (χ1) is 6.60. The third-order valence-electron chi connectivity index (χ3n) is 1.30. The van der Waals surface area contributed by atoms with Crippen molar-refractivity contribution in [2.45, 2.75) is 12.5 Å². The SMILES string of the molecule is C=CCOC(=O)N[C@H](CO)CC(=O)O. The molecule has 6 heteroatoms. The van der Waals surface area contributed by atoms with E-state index in [4.69, 9.17) is 10.2 Å². The second-order valence-electron chi connectivity index (χ2n) is 2.51. The molecule has 14 heavy (non-hydrogen) atoms. The molecule has 0 unspecified atom stereocenters. The first-order valence-corrected chi connectivity index (χ1v) is 3.97. The quantitative estimate of drug-likeness (QED) is 0.516. The largest absolute Gasteiger partial charge is 0.481 e. The molecule has 0 aromatic rings. The second kappa shape index (κ2) is 6.90. The fourth-order valence-corrected chi connectivity index (χ4v) is 0.715. The zero-order valence-electron chi connectivity index (χ0n) is 7.60. The number of carboxylic acid groups (broad SMARTS) is 1. The van der Waals surface area contributed by atoms with E-state index in [1.807, 2.05) is 0 Å². The van der Waals surface area contributed by atoms with Crippen LogP contribution >= 0.6 is 0 Å². The van der Waals surface area contributed by atoms with Crippen LogP contribution in [0, 0.1) is 0 Å². The molecule has 3 N–H and O–H groups in total. The number of alkyl carbamates (subject to hydrolysis) is 1. The summed E-state index contributed by atoms with van der Waals surface area (Å²) in [6.45, 7) is 2.92. The highest BCUT2D eigenvalue weighted by molar-refractivity contribution is 5.71. The molecule has 0 rings (SSSR count). The van der Waals surface area contributed by atoms with Crippen LogP contribution in [-0.2, 0) is 9.53 Å². The van der Waals surface area contributed by atoms with Crippen molar-refractivity contribution in [2.75, 3.05) is 13.2 Å². The average molecular weight is 203 g/mol. The lowest BCUT2D eigenvalue weighted by atomic mass is 10.2. The molecule has 0 bridgehead atoms. The summed E-state index contributed by atoms with van der Waals surface area (Å²) in [5.74, 6) is -1.10. The number of rotatable bonds is 6. The van der Waals surface area contributed by atoms with E-state index < -0.39 is 24.7 Å². The molecule has 0 radical (unpaired) electrons. The van der Waals surface area contributed by atoms with Crippen molar-refractivity contribution in [3.8, 4) is 0 Å². The Kier molecular flexibility index (Phi) is 6.13. The lowest BCUT2D eigenvalue weighted by molar-refractivity contribution is -0.137. The fraction of sp³-hybridized carbons (Fsp3) is 0.500. The molecule has 0 spiro atoms. The molecule has 6 nitrogen and oxygen atoms in total. The number of carbonyl (C=O) groups excluding carboxylic acids is 1. The summed E-state index contributed by atoms with van der Waals surface area (Å²) in [5.41, 5.74) is 0. The third kappa shape index (κ3) is 6.01. The minimum absolute atomic E-state index is 0.0387. The summed E-state index contributed by atoms with van der Waals surface area (Å²) in [5, 5.41) is 19.3. The van der Waals surface area contributed by atoms with Gasteiger partial charge in [-0.15, -0.1) is 0 Å². The zero-order valence-corrected chi connectivity index (χ0v) is 7.60. The number of hydrogen-bond acceptors (Lipinski definition) is 4. The van der Waals surface area contributed by atoms with E-state index in [2.05, 4.69) is 16.6 Å². The van der Waals surface area contributed by atoms with E-state index in [1.165, 1.54) is 6.08 Å². The summed E-state index contributed by atoms with van der Waals surface area (Å²) in [6.07, 6.45) is 0.259. The van der Waals surface area contributed by atoms with Crippen molar-refractivity contribution in [1.29, 1.82) is 0 Å². The van der Waals surface area contributed by atoms with Crippen LogP contribution in [0.1, 0.15) is 6.42 Å². The number of hydrogen-bond donors (Lipinski definition) is 3. The van der Waals surface area contributed by atoms with E-state index >= 15 is 0 Å². The molecular weight excluding hydrogens is 190 g/mol. The smallest absolute Gasteiger partial charge is 0.407 e. The molecule has 0 fully saturated rings. The zero-order chi connectivity index (χ0) is 11.0. The van der Waals surface area contributed by atoms with Gasteiger partial charge in [-0.1, -0.05) is 12.7 Å². The van der Waals surface area contributed by atoms with Gasteiger partial charge in [0, 0.05) is 0 Å². The highest BCUT2D eigenvalue weighted by Crippen LogP contribution is 1.92. The molecule has 0 heterocycles. The second-order valence-corrected chi connectivity index (χ2v) is 2.51. The Balaban J connectivity index is 3.85. The van der Waals surface area contributed by atoms with E-state index in [9.17, 15) is 9.59 Å². The Morgan fingerprint density at radius 3 is 2.64 bits per heavy atom. The highest BCUT2D eigenvalue weighted by Gasteiger charge is 2.15. The normalized spacial score (nSPS) is 11.5. The van der Waals surface area contributed by atoms with Crippen LogP contribution in [-0.4, -0.2) is 41.5 Å². The first-order valence-electron chi connectivity index (χ1n) is 3.97. The Morgan fingerprint density at radius 2 is 2.21 bits per heavy atom. The van der Waals surface area contributed by atoms with Crippen molar-refractivity contribution in [3.63, 3.8) is 0 Å². The number of aliphatic hydroxyl groups is 1. The summed E-state index contributed by atoms with van der Waals surface area (Å²) < 4.78 is 4.53. The molecule has 0 saturated carbocycles. The Labute approximate surface area is 81.2 Å². The van der Waals surface area contributed by atoms with Gasteiger partial charge >= 0.3 is 12.1 Å². The van der Waals surface area contributed by atoms with Crippen molar-refractivity contribution in [2.24, 2.45) is 0 Å². The van der Waals surface area contributed by atoms with Crippen LogP contribution in [0.25, 0.3) is 0 Å². The number of carbonyl (C=O) groups is 2. The van der Waals surface area contributed by atoms with Crippen molar-refractivity contribution >= 4 is 12.1 Å². The molecule has 80 valence electrons. The van der Waals surface area contributed by atoms with Gasteiger partial charge in [-0.05, 0) is 0 Å². The predicted molar refractivity (Wildman–Crippen MR) is 47.8 cm³/mol. The van der Waals surface area contributed by atoms with E-state index in [1.54, 1.807) is 0 Å². The number of nitrogens with one attached hydrogen (secondary N) is 1. The fourth-order valence-electron chi connectivity index (χ4n) is 0.715. The van der Waals surface area contributed by atoms with Gasteiger partial charge in [0.1, 0.15) is 6.61 Å². The summed E-state index contributed by atoms with van der Waals surface area (Å²) >= 11 is 0. The first kappa shape index (κ1) is 12.4. The lowest BCUT2D eigenvalue weighted by Gasteiger charge is -2.13. The maximum absolute atomic E-state index is 10.9. The van der Waals surface area contributed by atoms with Crippen LogP contribution in [0.15, 0.2) is 12.7 Å². The molecule has 0 aromatic carbocycles. The van der Waals surface area contributed by atoms with E-state index in [0.717, 1.165) is 0 Å². The molecule has 0 aliphatic rings. The third-order valence-corrected chi connectivity index (χ3v) is 1.30. The summed E-state index contributed by atoms with van der Waals surface area (Å²) in [7, 11) is 0. The number of ether oxygens (including phenoxy) is 1. The average Bonchev–Trinajstić information content (AvgIpc) is 2.12. The van der Waals surface area contributed by atoms with E-state index in [-0.39, 0.29) is 13.0 Å². The summed E-state index contributed by atoms with van der Waals surface area (Å²) in [6, 6.07) is -0.829. The van der Waals surface area contributed by atoms with Gasteiger partial charge in [-0.2, -0.15) is 0 Å². The van der Waals surface area contributed by atoms with Crippen LogP contribution in [0.5, 0.6) is 0 Å². The van der Waals surface area contributed by atoms with Gasteiger partial charge in [-0.3, -0.25) is 4.79 Å². The van der Waals surface area contributed by atoms with Gasteiger partial charge in [0.25, 0.3) is 0 Å². The van der Waals surface area contributed by atoms with Crippen molar-refractivity contribution in [3.05, 3.63) is 12.7 Å². The van der Waals surface area contributed by atoms with Crippen LogP contribution in [0.3, 0.4) is 0 Å². The monoisotopic (exact) mass is 203 g/mol. The molecule has 1 amide bonds. The molecule has 0 aliphatic heterocycles. The number of aliphatic carboxylic acids is 1. The molecule has 0 aliphatic carbocycles. The molecule has 0 aromatic heterocycles. The van der Waals surface area contributed by atoms with Gasteiger partial charge < -0.3 is 20.3 Å². The minimum Gasteiger partial charge on any atom is -0.481 e. The van der Waals surface area contributed by atoms with E-state index in [0.29, 0.717) is 0 Å². The predicted octanol–water partition coefficient (Wildman–Crippen LogP) is -0.266.